The second-order valence-electron chi connectivity index (χ2n) is 2.90. The summed E-state index contributed by atoms with van der Waals surface area (Å²) in [6.07, 6.45) is 1.99. The zero-order valence-corrected chi connectivity index (χ0v) is 7.88. The maximum absolute atomic E-state index is 4.46. The molecule has 0 saturated heterocycles. The highest BCUT2D eigenvalue weighted by Crippen LogP contribution is 2.21. The molecule has 3 rings (SSSR count). The van der Waals surface area contributed by atoms with Gasteiger partial charge in [0, 0.05) is 6.20 Å². The van der Waals surface area contributed by atoms with Crippen molar-refractivity contribution in [1.82, 2.24) is 14.4 Å². The van der Waals surface area contributed by atoms with E-state index >= 15 is 0 Å². The van der Waals surface area contributed by atoms with Crippen LogP contribution in [0.4, 0.5) is 0 Å². The lowest BCUT2D eigenvalue weighted by Crippen LogP contribution is -1.82. The summed E-state index contributed by atoms with van der Waals surface area (Å²) in [5.41, 5.74) is 1.94. The standard InChI is InChI=1S/C9H7N3S/c1-6-10-8-9(13-6)11-7-4-2-3-5-12(7)8/h2-5H,1H3. The van der Waals surface area contributed by atoms with Crippen LogP contribution in [0.5, 0.6) is 0 Å². The number of aryl methyl sites for hydroxylation is 1. The van der Waals surface area contributed by atoms with Crippen molar-refractivity contribution in [3.05, 3.63) is 29.4 Å². The average Bonchev–Trinajstić information content (AvgIpc) is 2.60. The van der Waals surface area contributed by atoms with Crippen molar-refractivity contribution in [2.24, 2.45) is 0 Å². The number of nitrogens with zero attached hydrogens (tertiary/aromatic N) is 3. The first-order valence-electron chi connectivity index (χ1n) is 4.05. The Kier molecular flexibility index (Phi) is 1.24. The first kappa shape index (κ1) is 7.03. The number of fused-ring (bicyclic) bond motifs is 3. The molecule has 3 aromatic heterocycles. The minimum absolute atomic E-state index is 0.969. The molecule has 3 nitrogen and oxygen atoms in total. The van der Waals surface area contributed by atoms with Crippen LogP contribution in [-0.2, 0) is 0 Å². The molecule has 0 aromatic carbocycles. The van der Waals surface area contributed by atoms with E-state index in [1.165, 1.54) is 0 Å². The fourth-order valence-electron chi connectivity index (χ4n) is 1.44. The van der Waals surface area contributed by atoms with Gasteiger partial charge in [-0.1, -0.05) is 17.4 Å². The molecule has 0 unspecified atom stereocenters. The highest BCUT2D eigenvalue weighted by molar-refractivity contribution is 7.18. The van der Waals surface area contributed by atoms with Gasteiger partial charge in [0.2, 0.25) is 0 Å². The van der Waals surface area contributed by atoms with E-state index in [1.807, 2.05) is 35.7 Å². The summed E-state index contributed by atoms with van der Waals surface area (Å²) in [7, 11) is 0. The quantitative estimate of drug-likeness (QED) is 0.543. The SMILES string of the molecule is Cc1nc2c(nc3ccccn32)s1. The van der Waals surface area contributed by atoms with Gasteiger partial charge < -0.3 is 0 Å². The average molecular weight is 189 g/mol. The van der Waals surface area contributed by atoms with Crippen LogP contribution < -0.4 is 0 Å². The van der Waals surface area contributed by atoms with Crippen molar-refractivity contribution in [1.29, 1.82) is 0 Å². The normalized spacial score (nSPS) is 11.5. The second-order valence-corrected chi connectivity index (χ2v) is 4.08. The fraction of sp³-hybridized carbons (Fsp3) is 0.111. The van der Waals surface area contributed by atoms with Crippen LogP contribution >= 0.6 is 11.3 Å². The number of hydrogen-bond acceptors (Lipinski definition) is 3. The van der Waals surface area contributed by atoms with Gasteiger partial charge in [0.1, 0.15) is 5.65 Å². The lowest BCUT2D eigenvalue weighted by molar-refractivity contribution is 1.17. The summed E-state index contributed by atoms with van der Waals surface area (Å²) in [4.78, 5) is 9.89. The van der Waals surface area contributed by atoms with Crippen LogP contribution in [0.25, 0.3) is 16.1 Å². The summed E-state index contributed by atoms with van der Waals surface area (Å²) in [6, 6.07) is 5.96. The molecule has 0 radical (unpaired) electrons. The van der Waals surface area contributed by atoms with Gasteiger partial charge in [-0.05, 0) is 19.1 Å². The molecule has 0 aliphatic carbocycles. The molecule has 0 fully saturated rings. The van der Waals surface area contributed by atoms with Crippen molar-refractivity contribution in [3.63, 3.8) is 0 Å². The lowest BCUT2D eigenvalue weighted by atomic mass is 10.5. The number of aromatic nitrogens is 3. The van der Waals surface area contributed by atoms with Crippen LogP contribution in [0.1, 0.15) is 5.01 Å². The molecule has 3 aromatic rings. The molecule has 0 amide bonds. The fourth-order valence-corrected chi connectivity index (χ4v) is 2.23. The van der Waals surface area contributed by atoms with Gasteiger partial charge >= 0.3 is 0 Å². The summed E-state index contributed by atoms with van der Waals surface area (Å²) < 4.78 is 2.01. The van der Waals surface area contributed by atoms with Crippen LogP contribution in [-0.4, -0.2) is 14.4 Å². The van der Waals surface area contributed by atoms with Gasteiger partial charge in [-0.25, -0.2) is 9.97 Å². The maximum atomic E-state index is 4.46. The summed E-state index contributed by atoms with van der Waals surface area (Å²) in [5.74, 6) is 0. The summed E-state index contributed by atoms with van der Waals surface area (Å²) >= 11 is 1.63. The third kappa shape index (κ3) is 0.890. The summed E-state index contributed by atoms with van der Waals surface area (Å²) in [5, 5.41) is 1.07. The predicted molar refractivity (Wildman–Crippen MR) is 53.1 cm³/mol. The Balaban J connectivity index is 2.60. The number of rotatable bonds is 0. The Hall–Kier alpha value is -1.42. The van der Waals surface area contributed by atoms with Crippen molar-refractivity contribution < 1.29 is 0 Å². The first-order valence-corrected chi connectivity index (χ1v) is 4.86. The van der Waals surface area contributed by atoms with Gasteiger partial charge in [0.25, 0.3) is 0 Å². The number of hydrogen-bond donors (Lipinski definition) is 0. The molecule has 3 heterocycles. The molecule has 4 heteroatoms. The van der Waals surface area contributed by atoms with Gasteiger partial charge in [-0.2, -0.15) is 0 Å². The number of pyridine rings is 1. The molecule has 0 aliphatic heterocycles. The van der Waals surface area contributed by atoms with E-state index in [0.29, 0.717) is 0 Å². The maximum Gasteiger partial charge on any atom is 0.176 e. The largest absolute Gasteiger partial charge is 0.283 e. The third-order valence-electron chi connectivity index (χ3n) is 1.98. The molecule has 64 valence electrons. The Morgan fingerprint density at radius 3 is 3.15 bits per heavy atom. The zero-order valence-electron chi connectivity index (χ0n) is 7.06. The summed E-state index contributed by atoms with van der Waals surface area (Å²) in [6.45, 7) is 2.00. The Morgan fingerprint density at radius 2 is 2.23 bits per heavy atom. The van der Waals surface area contributed by atoms with E-state index in [-0.39, 0.29) is 0 Å². The number of thiazole rings is 1. The van der Waals surface area contributed by atoms with Gasteiger partial charge in [-0.3, -0.25) is 4.40 Å². The first-order chi connectivity index (χ1) is 6.34. The monoisotopic (exact) mass is 189 g/mol. The van der Waals surface area contributed by atoms with Crippen molar-refractivity contribution in [2.75, 3.05) is 0 Å². The van der Waals surface area contributed by atoms with E-state index < -0.39 is 0 Å². The van der Waals surface area contributed by atoms with Crippen molar-refractivity contribution in [3.8, 4) is 0 Å². The highest BCUT2D eigenvalue weighted by Gasteiger charge is 2.07. The van der Waals surface area contributed by atoms with Crippen LogP contribution in [0.15, 0.2) is 24.4 Å². The molecular weight excluding hydrogens is 182 g/mol. The van der Waals surface area contributed by atoms with Crippen LogP contribution in [0.3, 0.4) is 0 Å². The molecule has 0 aliphatic rings. The lowest BCUT2D eigenvalue weighted by Gasteiger charge is -1.89. The zero-order chi connectivity index (χ0) is 8.84. The minimum atomic E-state index is 0.969. The molecule has 0 saturated carbocycles. The smallest absolute Gasteiger partial charge is 0.176 e. The molecule has 0 spiro atoms. The highest BCUT2D eigenvalue weighted by atomic mass is 32.1. The topological polar surface area (TPSA) is 30.2 Å². The van der Waals surface area contributed by atoms with Gasteiger partial charge in [-0.15, -0.1) is 0 Å². The van der Waals surface area contributed by atoms with Gasteiger partial charge in [0.05, 0.1) is 5.01 Å². The Bertz CT molecular complexity index is 579. The van der Waals surface area contributed by atoms with E-state index in [9.17, 15) is 0 Å². The van der Waals surface area contributed by atoms with E-state index in [0.717, 1.165) is 21.1 Å². The molecule has 0 atom stereocenters. The molecule has 13 heavy (non-hydrogen) atoms. The third-order valence-corrected chi connectivity index (χ3v) is 2.84. The van der Waals surface area contributed by atoms with E-state index in [1.54, 1.807) is 11.3 Å². The second kappa shape index (κ2) is 2.29. The van der Waals surface area contributed by atoms with Crippen LogP contribution in [0.2, 0.25) is 0 Å². The molecule has 0 N–H and O–H groups in total. The predicted octanol–water partition coefficient (Wildman–Crippen LogP) is 2.25. The van der Waals surface area contributed by atoms with Crippen molar-refractivity contribution >= 4 is 27.5 Å². The van der Waals surface area contributed by atoms with Crippen molar-refractivity contribution in [2.45, 2.75) is 6.92 Å². The van der Waals surface area contributed by atoms with E-state index in [2.05, 4.69) is 9.97 Å². The number of imidazole rings is 1. The van der Waals surface area contributed by atoms with E-state index in [4.69, 9.17) is 0 Å². The Morgan fingerprint density at radius 1 is 1.31 bits per heavy atom. The molecular formula is C9H7N3S. The minimum Gasteiger partial charge on any atom is -0.283 e. The Labute approximate surface area is 78.7 Å². The molecule has 0 bridgehead atoms. The van der Waals surface area contributed by atoms with Gasteiger partial charge in [0.15, 0.2) is 10.5 Å². The van der Waals surface area contributed by atoms with Crippen LogP contribution in [0, 0.1) is 6.92 Å².